The predicted molar refractivity (Wildman–Crippen MR) is 104 cm³/mol. The van der Waals surface area contributed by atoms with E-state index < -0.39 is 29.6 Å². The number of nitrogens with zero attached hydrogens (tertiary/aromatic N) is 1. The van der Waals surface area contributed by atoms with E-state index in [0.717, 1.165) is 11.0 Å². The lowest BCUT2D eigenvalue weighted by atomic mass is 9.98. The topological polar surface area (TPSA) is 72.6 Å². The van der Waals surface area contributed by atoms with E-state index in [1.54, 1.807) is 13.0 Å². The number of urea groups is 1. The summed E-state index contributed by atoms with van der Waals surface area (Å²) in [7, 11) is 0. The molecule has 0 fully saturated rings. The number of primary amides is 1. The highest BCUT2D eigenvalue weighted by atomic mass is 35.5. The van der Waals surface area contributed by atoms with Crippen molar-refractivity contribution in [2.75, 3.05) is 18.1 Å². The van der Waals surface area contributed by atoms with E-state index in [1.165, 1.54) is 18.2 Å². The van der Waals surface area contributed by atoms with Crippen LogP contribution >= 0.6 is 23.2 Å². The second-order valence-corrected chi connectivity index (χ2v) is 6.72. The molecule has 0 saturated carbocycles. The lowest BCUT2D eigenvalue weighted by Gasteiger charge is -2.27. The van der Waals surface area contributed by atoms with Crippen molar-refractivity contribution in [3.05, 3.63) is 63.6 Å². The number of nitrogens with two attached hydrogens (primary N) is 1. The smallest absolute Gasteiger partial charge is 0.319 e. The zero-order chi connectivity index (χ0) is 20.8. The van der Waals surface area contributed by atoms with E-state index in [4.69, 9.17) is 33.7 Å². The number of benzene rings is 2. The number of anilines is 1. The molecule has 0 heterocycles. The van der Waals surface area contributed by atoms with Crippen molar-refractivity contribution in [3.8, 4) is 0 Å². The molecule has 0 aliphatic rings. The van der Waals surface area contributed by atoms with Gasteiger partial charge in [0.25, 0.3) is 0 Å². The Labute approximate surface area is 171 Å². The third-order valence-electron chi connectivity index (χ3n) is 3.98. The molecule has 2 aromatic carbocycles. The first-order chi connectivity index (χ1) is 13.2. The van der Waals surface area contributed by atoms with Crippen LogP contribution in [-0.4, -0.2) is 25.2 Å². The summed E-state index contributed by atoms with van der Waals surface area (Å²) < 4.78 is 32.3. The number of ether oxygens (including phenoxy) is 1. The van der Waals surface area contributed by atoms with Crippen LogP contribution in [0.1, 0.15) is 12.5 Å². The van der Waals surface area contributed by atoms with Gasteiger partial charge in [-0.1, -0.05) is 35.3 Å². The van der Waals surface area contributed by atoms with E-state index in [0.29, 0.717) is 6.07 Å². The number of carbonyl (C=O) groups excluding carboxylic acids is 2. The minimum absolute atomic E-state index is 0.0880. The molecule has 2 aromatic rings. The maximum atomic E-state index is 14.1. The van der Waals surface area contributed by atoms with E-state index in [2.05, 4.69) is 0 Å². The van der Waals surface area contributed by atoms with E-state index in [9.17, 15) is 18.4 Å². The number of hydrogen-bond donors (Lipinski definition) is 1. The molecule has 0 bridgehead atoms. The molecule has 2 amide bonds. The monoisotopic (exact) mass is 430 g/mol. The van der Waals surface area contributed by atoms with Crippen LogP contribution in [0.25, 0.3) is 0 Å². The molecule has 0 saturated heterocycles. The van der Waals surface area contributed by atoms with Crippen molar-refractivity contribution in [2.24, 2.45) is 11.7 Å². The number of rotatable bonds is 7. The van der Waals surface area contributed by atoms with Crippen molar-refractivity contribution in [2.45, 2.75) is 13.3 Å². The van der Waals surface area contributed by atoms with Crippen LogP contribution in [0.3, 0.4) is 0 Å². The quantitative estimate of drug-likeness (QED) is 0.653. The van der Waals surface area contributed by atoms with Gasteiger partial charge in [-0.2, -0.15) is 0 Å². The maximum Gasteiger partial charge on any atom is 0.319 e. The summed E-state index contributed by atoms with van der Waals surface area (Å²) in [5.41, 5.74) is 5.69. The zero-order valence-electron chi connectivity index (χ0n) is 14.9. The summed E-state index contributed by atoms with van der Waals surface area (Å²) >= 11 is 12.3. The molecule has 5 nitrogen and oxygen atoms in total. The van der Waals surface area contributed by atoms with Crippen molar-refractivity contribution >= 4 is 40.9 Å². The predicted octanol–water partition coefficient (Wildman–Crippen LogP) is 4.58. The van der Waals surface area contributed by atoms with Crippen molar-refractivity contribution < 1.29 is 23.1 Å². The highest BCUT2D eigenvalue weighted by molar-refractivity contribution is 6.39. The van der Waals surface area contributed by atoms with Crippen molar-refractivity contribution in [1.82, 2.24) is 0 Å². The first kappa shape index (κ1) is 21.9. The van der Waals surface area contributed by atoms with Crippen LogP contribution in [0.15, 0.2) is 36.4 Å². The van der Waals surface area contributed by atoms with Crippen LogP contribution in [0.4, 0.5) is 19.3 Å². The van der Waals surface area contributed by atoms with Crippen molar-refractivity contribution in [3.63, 3.8) is 0 Å². The molecule has 0 aromatic heterocycles. The third kappa shape index (κ3) is 5.33. The minimum Gasteiger partial charge on any atom is -0.466 e. The van der Waals surface area contributed by atoms with Crippen LogP contribution in [0.2, 0.25) is 10.0 Å². The first-order valence-electron chi connectivity index (χ1n) is 8.36. The molecule has 0 radical (unpaired) electrons. The Hall–Kier alpha value is -2.38. The average Bonchev–Trinajstić information content (AvgIpc) is 2.61. The number of para-hydroxylation sites is 1. The lowest BCUT2D eigenvalue weighted by molar-refractivity contribution is -0.147. The third-order valence-corrected chi connectivity index (χ3v) is 4.59. The summed E-state index contributed by atoms with van der Waals surface area (Å²) in [6.45, 7) is 1.45. The molecule has 150 valence electrons. The molecule has 0 spiro atoms. The van der Waals surface area contributed by atoms with E-state index in [-0.39, 0.29) is 40.9 Å². The Morgan fingerprint density at radius 3 is 2.36 bits per heavy atom. The summed E-state index contributed by atoms with van der Waals surface area (Å²) in [6.07, 6.45) is -0.142. The van der Waals surface area contributed by atoms with Crippen LogP contribution in [-0.2, 0) is 16.0 Å². The van der Waals surface area contributed by atoms with Gasteiger partial charge in [-0.15, -0.1) is 0 Å². The van der Waals surface area contributed by atoms with Gasteiger partial charge in [-0.25, -0.2) is 13.6 Å². The van der Waals surface area contributed by atoms with Gasteiger partial charge >= 0.3 is 12.0 Å². The van der Waals surface area contributed by atoms with Crippen molar-refractivity contribution in [1.29, 1.82) is 0 Å². The Morgan fingerprint density at radius 1 is 1.18 bits per heavy atom. The number of hydrogen-bond acceptors (Lipinski definition) is 3. The molecule has 0 aliphatic carbocycles. The molecular weight excluding hydrogens is 413 g/mol. The summed E-state index contributed by atoms with van der Waals surface area (Å²) in [6, 6.07) is 6.74. The molecular formula is C19H18Cl2F2N2O3. The summed E-state index contributed by atoms with van der Waals surface area (Å²) in [5.74, 6) is -3.20. The lowest BCUT2D eigenvalue weighted by Crippen LogP contribution is -2.42. The van der Waals surface area contributed by atoms with Gasteiger partial charge in [0, 0.05) is 12.6 Å². The molecule has 9 heteroatoms. The van der Waals surface area contributed by atoms with Gasteiger partial charge in [-0.3, -0.25) is 9.69 Å². The molecule has 28 heavy (non-hydrogen) atoms. The second kappa shape index (κ2) is 9.71. The number of halogens is 4. The average molecular weight is 431 g/mol. The van der Waals surface area contributed by atoms with Gasteiger partial charge in [0.15, 0.2) is 0 Å². The Bertz CT molecular complexity index is 860. The maximum absolute atomic E-state index is 14.1. The molecule has 1 atom stereocenters. The SMILES string of the molecule is CCOC(=O)C(Cc1ccc(F)cc1F)CN(C(N)=O)c1c(Cl)cccc1Cl. The Morgan fingerprint density at radius 2 is 1.82 bits per heavy atom. The van der Waals surface area contributed by atoms with Crippen LogP contribution in [0, 0.1) is 17.6 Å². The number of carbonyl (C=O) groups is 2. The fraction of sp³-hybridized carbons (Fsp3) is 0.263. The Kier molecular flexibility index (Phi) is 7.60. The van der Waals surface area contributed by atoms with E-state index >= 15 is 0 Å². The van der Waals surface area contributed by atoms with Gasteiger partial charge in [0.05, 0.1) is 28.3 Å². The number of esters is 1. The van der Waals surface area contributed by atoms with Crippen LogP contribution < -0.4 is 10.6 Å². The molecule has 2 N–H and O–H groups in total. The summed E-state index contributed by atoms with van der Waals surface area (Å²) in [5, 5.41) is 0.309. The standard InChI is InChI=1S/C19H18Cl2F2N2O3/c1-2-28-18(26)12(8-11-6-7-13(22)9-16(11)23)10-25(19(24)27)17-14(20)4-3-5-15(17)21/h3-7,9,12H,2,8,10H2,1H3,(H2,24,27). The van der Waals surface area contributed by atoms with Gasteiger partial charge in [0.1, 0.15) is 11.6 Å². The summed E-state index contributed by atoms with van der Waals surface area (Å²) in [4.78, 5) is 25.5. The Balaban J connectivity index is 2.39. The largest absolute Gasteiger partial charge is 0.466 e. The molecule has 1 unspecified atom stereocenters. The fourth-order valence-corrected chi connectivity index (χ4v) is 3.30. The normalized spacial score (nSPS) is 11.8. The minimum atomic E-state index is -0.986. The van der Waals surface area contributed by atoms with Gasteiger partial charge in [-0.05, 0) is 37.1 Å². The fourth-order valence-electron chi connectivity index (χ4n) is 2.69. The van der Waals surface area contributed by atoms with Crippen LogP contribution in [0.5, 0.6) is 0 Å². The number of amides is 2. The van der Waals surface area contributed by atoms with E-state index in [1.807, 2.05) is 0 Å². The highest BCUT2D eigenvalue weighted by Crippen LogP contribution is 2.34. The first-order valence-corrected chi connectivity index (χ1v) is 9.11. The zero-order valence-corrected chi connectivity index (χ0v) is 16.4. The highest BCUT2D eigenvalue weighted by Gasteiger charge is 2.29. The van der Waals surface area contributed by atoms with Gasteiger partial charge < -0.3 is 10.5 Å². The van der Waals surface area contributed by atoms with Gasteiger partial charge in [0.2, 0.25) is 0 Å². The molecule has 2 rings (SSSR count). The second-order valence-electron chi connectivity index (χ2n) is 5.91. The molecule has 0 aliphatic heterocycles.